The third-order valence-electron chi connectivity index (χ3n) is 6.54. The molecule has 2 aliphatic heterocycles. The van der Waals surface area contributed by atoms with Gasteiger partial charge in [-0.15, -0.1) is 0 Å². The minimum Gasteiger partial charge on any atom is -0.481 e. The van der Waals surface area contributed by atoms with Crippen LogP contribution in [0.25, 0.3) is 0 Å². The van der Waals surface area contributed by atoms with E-state index in [-0.39, 0.29) is 30.9 Å². The van der Waals surface area contributed by atoms with Crippen LogP contribution < -0.4 is 10.2 Å². The first-order valence-electron chi connectivity index (χ1n) is 9.80. The fraction of sp³-hybridized carbons (Fsp3) is 0.600. The Hall–Kier alpha value is -2.31. The molecule has 1 aromatic rings. The van der Waals surface area contributed by atoms with Crippen LogP contribution in [0.15, 0.2) is 18.2 Å². The predicted molar refractivity (Wildman–Crippen MR) is 99.1 cm³/mol. The number of aliphatic carboxylic acids is 1. The smallest absolute Gasteiger partial charge is 0.317 e. The first kappa shape index (κ1) is 18.1. The van der Waals surface area contributed by atoms with Gasteiger partial charge in [-0.3, -0.25) is 4.79 Å². The molecule has 2 amide bonds. The number of hydrogen-bond acceptors (Lipinski definition) is 3. The molecule has 1 aromatic carbocycles. The first-order valence-corrected chi connectivity index (χ1v) is 9.80. The van der Waals surface area contributed by atoms with E-state index in [4.69, 9.17) is 0 Å². The van der Waals surface area contributed by atoms with Crippen molar-refractivity contribution < 1.29 is 19.1 Å². The number of carboxylic acids is 1. The summed E-state index contributed by atoms with van der Waals surface area (Å²) in [7, 11) is 0. The third kappa shape index (κ3) is 3.13. The van der Waals surface area contributed by atoms with Crippen molar-refractivity contribution in [2.24, 2.45) is 11.3 Å². The zero-order chi connectivity index (χ0) is 19.0. The molecule has 2 N–H and O–H groups in total. The van der Waals surface area contributed by atoms with Crippen molar-refractivity contribution in [2.45, 2.75) is 38.6 Å². The average molecular weight is 375 g/mol. The van der Waals surface area contributed by atoms with E-state index in [0.717, 1.165) is 44.5 Å². The molecule has 4 rings (SSSR count). The summed E-state index contributed by atoms with van der Waals surface area (Å²) in [5, 5.41) is 12.5. The number of nitrogens with one attached hydrogen (secondary N) is 1. The van der Waals surface area contributed by atoms with Gasteiger partial charge in [-0.25, -0.2) is 9.18 Å². The lowest BCUT2D eigenvalue weighted by molar-refractivity contribution is -0.149. The van der Waals surface area contributed by atoms with Crippen LogP contribution in [0.5, 0.6) is 0 Å². The number of halogens is 1. The largest absolute Gasteiger partial charge is 0.481 e. The molecule has 1 aliphatic carbocycles. The molecule has 2 atom stereocenters. The number of urea groups is 1. The molecule has 0 spiro atoms. The van der Waals surface area contributed by atoms with Gasteiger partial charge in [0.1, 0.15) is 5.82 Å². The molecule has 1 saturated carbocycles. The summed E-state index contributed by atoms with van der Waals surface area (Å²) in [5.74, 6) is -1.10. The molecule has 0 bridgehead atoms. The highest BCUT2D eigenvalue weighted by atomic mass is 19.1. The van der Waals surface area contributed by atoms with Crippen molar-refractivity contribution in [2.75, 3.05) is 31.1 Å². The van der Waals surface area contributed by atoms with Gasteiger partial charge in [-0.2, -0.15) is 0 Å². The normalized spacial score (nSPS) is 27.1. The number of amides is 2. The molecule has 0 aromatic heterocycles. The molecule has 6 nitrogen and oxygen atoms in total. The van der Waals surface area contributed by atoms with Crippen molar-refractivity contribution in [3.05, 3.63) is 29.6 Å². The van der Waals surface area contributed by atoms with Crippen molar-refractivity contribution in [3.8, 4) is 0 Å². The second kappa shape index (κ2) is 7.02. The van der Waals surface area contributed by atoms with E-state index in [2.05, 4.69) is 10.2 Å². The Balaban J connectivity index is 1.44. The van der Waals surface area contributed by atoms with E-state index >= 15 is 0 Å². The van der Waals surface area contributed by atoms with Crippen LogP contribution in [-0.4, -0.2) is 48.2 Å². The van der Waals surface area contributed by atoms with Crippen LogP contribution in [0.3, 0.4) is 0 Å². The fourth-order valence-electron chi connectivity index (χ4n) is 5.05. The van der Waals surface area contributed by atoms with Gasteiger partial charge in [0.25, 0.3) is 0 Å². The van der Waals surface area contributed by atoms with E-state index < -0.39 is 11.4 Å². The van der Waals surface area contributed by atoms with Gasteiger partial charge < -0.3 is 20.2 Å². The number of benzene rings is 1. The number of rotatable bonds is 4. The summed E-state index contributed by atoms with van der Waals surface area (Å²) >= 11 is 0. The van der Waals surface area contributed by atoms with E-state index in [1.165, 1.54) is 6.07 Å². The molecule has 2 saturated heterocycles. The fourth-order valence-corrected chi connectivity index (χ4v) is 5.05. The molecule has 2 heterocycles. The van der Waals surface area contributed by atoms with Gasteiger partial charge in [-0.05, 0) is 43.7 Å². The highest BCUT2D eigenvalue weighted by molar-refractivity contribution is 5.80. The molecular formula is C20H26FN3O3. The lowest BCUT2D eigenvalue weighted by Crippen LogP contribution is -2.41. The lowest BCUT2D eigenvalue weighted by Gasteiger charge is -2.24. The Kier molecular flexibility index (Phi) is 4.70. The monoisotopic (exact) mass is 375 g/mol. The Bertz CT molecular complexity index is 750. The van der Waals surface area contributed by atoms with Gasteiger partial charge in [0.05, 0.1) is 5.41 Å². The summed E-state index contributed by atoms with van der Waals surface area (Å²) in [6, 6.07) is 4.71. The standard InChI is InChI=1S/C20H26FN3O3/c21-16-6-3-7-17(23-9-1-2-10-23)15(16)11-22-19(27)24-12-14-5-4-8-20(14,13-24)18(25)26/h3,6-7,14H,1-2,4-5,8-13H2,(H,22,27)(H,25,26)/t14-,20+/m0/s1. The second-order valence-electron chi connectivity index (χ2n) is 8.02. The van der Waals surface area contributed by atoms with Gasteiger partial charge in [0.2, 0.25) is 0 Å². The van der Waals surface area contributed by atoms with Crippen molar-refractivity contribution >= 4 is 17.7 Å². The summed E-state index contributed by atoms with van der Waals surface area (Å²) in [6.07, 6.45) is 4.57. The lowest BCUT2D eigenvalue weighted by atomic mass is 9.81. The summed E-state index contributed by atoms with van der Waals surface area (Å²) in [6.45, 7) is 2.63. The molecule has 27 heavy (non-hydrogen) atoms. The van der Waals surface area contributed by atoms with Crippen molar-refractivity contribution in [1.29, 1.82) is 0 Å². The Morgan fingerprint density at radius 3 is 2.74 bits per heavy atom. The molecule has 0 unspecified atom stereocenters. The average Bonchev–Trinajstić information content (AvgIpc) is 3.35. The number of carbonyl (C=O) groups is 2. The highest BCUT2D eigenvalue weighted by Gasteiger charge is 2.55. The number of hydrogen-bond donors (Lipinski definition) is 2. The molecule has 0 radical (unpaired) electrons. The molecular weight excluding hydrogens is 349 g/mol. The maximum atomic E-state index is 14.4. The van der Waals surface area contributed by atoms with E-state index in [0.29, 0.717) is 18.5 Å². The van der Waals surface area contributed by atoms with Crippen LogP contribution in [0.4, 0.5) is 14.9 Å². The first-order chi connectivity index (χ1) is 13.0. The quantitative estimate of drug-likeness (QED) is 0.849. The highest BCUT2D eigenvalue weighted by Crippen LogP contribution is 2.48. The van der Waals surface area contributed by atoms with Gasteiger partial charge in [0, 0.05) is 44.0 Å². The summed E-state index contributed by atoms with van der Waals surface area (Å²) in [4.78, 5) is 28.2. The van der Waals surface area contributed by atoms with Gasteiger partial charge in [0.15, 0.2) is 0 Å². The molecule has 3 fully saturated rings. The van der Waals surface area contributed by atoms with Crippen LogP contribution in [0.1, 0.15) is 37.7 Å². The molecule has 3 aliphatic rings. The molecule has 146 valence electrons. The number of carboxylic acid groups (broad SMARTS) is 1. The van der Waals surface area contributed by atoms with Crippen LogP contribution in [0, 0.1) is 17.2 Å². The maximum absolute atomic E-state index is 14.4. The SMILES string of the molecule is O=C(NCc1c(F)cccc1N1CCCC1)N1C[C@@H]2CCC[C@@]2(C(=O)O)C1. The third-order valence-corrected chi connectivity index (χ3v) is 6.54. The Labute approximate surface area is 158 Å². The topological polar surface area (TPSA) is 72.9 Å². The number of likely N-dealkylation sites (tertiary alicyclic amines) is 1. The second-order valence-corrected chi connectivity index (χ2v) is 8.02. The van der Waals surface area contributed by atoms with Crippen LogP contribution >= 0.6 is 0 Å². The van der Waals surface area contributed by atoms with E-state index in [1.54, 1.807) is 11.0 Å². The van der Waals surface area contributed by atoms with Crippen LogP contribution in [-0.2, 0) is 11.3 Å². The molecule has 7 heteroatoms. The summed E-state index contributed by atoms with van der Waals surface area (Å²) in [5.41, 5.74) is 0.545. The number of fused-ring (bicyclic) bond motifs is 1. The zero-order valence-electron chi connectivity index (χ0n) is 15.4. The number of nitrogens with zero attached hydrogens (tertiary/aromatic N) is 2. The van der Waals surface area contributed by atoms with Crippen molar-refractivity contribution in [1.82, 2.24) is 10.2 Å². The minimum atomic E-state index is -0.800. The Morgan fingerprint density at radius 1 is 1.26 bits per heavy atom. The van der Waals surface area contributed by atoms with E-state index in [1.807, 2.05) is 6.07 Å². The van der Waals surface area contributed by atoms with Crippen molar-refractivity contribution in [3.63, 3.8) is 0 Å². The predicted octanol–water partition coefficient (Wildman–Crippen LogP) is 2.82. The number of carbonyl (C=O) groups excluding carboxylic acids is 1. The number of anilines is 1. The summed E-state index contributed by atoms with van der Waals surface area (Å²) < 4.78 is 14.4. The van der Waals surface area contributed by atoms with E-state index in [9.17, 15) is 19.1 Å². The maximum Gasteiger partial charge on any atom is 0.317 e. The zero-order valence-corrected chi connectivity index (χ0v) is 15.4. The Morgan fingerprint density at radius 2 is 2.04 bits per heavy atom. The van der Waals surface area contributed by atoms with Gasteiger partial charge in [-0.1, -0.05) is 12.5 Å². The van der Waals surface area contributed by atoms with Crippen LogP contribution in [0.2, 0.25) is 0 Å². The minimum absolute atomic E-state index is 0.0226. The van der Waals surface area contributed by atoms with Gasteiger partial charge >= 0.3 is 12.0 Å².